The molecule has 0 atom stereocenters. The number of nitrogens with two attached hydrogens (primary N) is 1. The molecular weight excluding hydrogens is 206 g/mol. The van der Waals surface area contributed by atoms with Crippen molar-refractivity contribution in [2.45, 2.75) is 0 Å². The maximum absolute atomic E-state index is 5.29. The summed E-state index contributed by atoms with van der Waals surface area (Å²) in [5.74, 6) is 7.37. The highest BCUT2D eigenvalue weighted by Crippen LogP contribution is 2.21. The van der Waals surface area contributed by atoms with Gasteiger partial charge in [0, 0.05) is 12.6 Å². The van der Waals surface area contributed by atoms with Gasteiger partial charge < -0.3 is 4.74 Å². The third kappa shape index (κ3) is 1.70. The molecule has 2 rings (SSSR count). The van der Waals surface area contributed by atoms with Crippen LogP contribution in [0, 0.1) is 0 Å². The molecular formula is C10H13N5O. The molecule has 0 fully saturated rings. The van der Waals surface area contributed by atoms with Crippen LogP contribution in [0.4, 0.5) is 5.95 Å². The van der Waals surface area contributed by atoms with E-state index in [4.69, 9.17) is 10.6 Å². The quantitative estimate of drug-likeness (QED) is 0.589. The lowest BCUT2D eigenvalue weighted by atomic mass is 10.2. The van der Waals surface area contributed by atoms with Crippen molar-refractivity contribution in [2.24, 2.45) is 12.9 Å². The fourth-order valence-electron chi connectivity index (χ4n) is 1.45. The number of nitrogen functional groups attached to an aromatic ring is 1. The van der Waals surface area contributed by atoms with Crippen LogP contribution in [0.5, 0.6) is 5.75 Å². The maximum atomic E-state index is 5.29. The van der Waals surface area contributed by atoms with Gasteiger partial charge in [-0.3, -0.25) is 9.99 Å². The van der Waals surface area contributed by atoms with E-state index >= 15 is 0 Å². The van der Waals surface area contributed by atoms with E-state index in [-0.39, 0.29) is 0 Å². The van der Waals surface area contributed by atoms with Crippen LogP contribution in [0.25, 0.3) is 11.4 Å². The van der Waals surface area contributed by atoms with E-state index in [1.54, 1.807) is 11.7 Å². The highest BCUT2D eigenvalue weighted by molar-refractivity contribution is 5.58. The van der Waals surface area contributed by atoms with Gasteiger partial charge in [0.2, 0.25) is 5.95 Å². The second-order valence-corrected chi connectivity index (χ2v) is 3.28. The topological polar surface area (TPSA) is 78.0 Å². The molecule has 16 heavy (non-hydrogen) atoms. The lowest BCUT2D eigenvalue weighted by Crippen LogP contribution is -2.11. The Morgan fingerprint density at radius 2 is 1.94 bits per heavy atom. The first-order chi connectivity index (χ1) is 7.76. The fourth-order valence-corrected chi connectivity index (χ4v) is 1.45. The average molecular weight is 219 g/mol. The Balaban J connectivity index is 2.38. The first-order valence-electron chi connectivity index (χ1n) is 4.76. The van der Waals surface area contributed by atoms with Crippen LogP contribution in [-0.2, 0) is 7.05 Å². The predicted octanol–water partition coefficient (Wildman–Crippen LogP) is 0.776. The number of ether oxygens (including phenoxy) is 1. The standard InChI is InChI=1S/C10H13N5O/c1-15-9(13-14-10(15)12-11)7-3-5-8(16-2)6-4-7/h3-6H,11H2,1-2H3,(H,12,14). The molecule has 1 heterocycles. The van der Waals surface area contributed by atoms with Crippen LogP contribution in [0.15, 0.2) is 24.3 Å². The molecule has 1 aromatic carbocycles. The Kier molecular flexibility index (Phi) is 2.74. The molecule has 1 aromatic heterocycles. The lowest BCUT2D eigenvalue weighted by molar-refractivity contribution is 0.415. The van der Waals surface area contributed by atoms with Crippen molar-refractivity contribution in [1.82, 2.24) is 14.8 Å². The lowest BCUT2D eigenvalue weighted by Gasteiger charge is -2.04. The molecule has 0 unspecified atom stereocenters. The van der Waals surface area contributed by atoms with E-state index in [0.717, 1.165) is 17.1 Å². The number of benzene rings is 1. The second-order valence-electron chi connectivity index (χ2n) is 3.28. The molecule has 6 heteroatoms. The van der Waals surface area contributed by atoms with E-state index in [9.17, 15) is 0 Å². The van der Waals surface area contributed by atoms with Crippen molar-refractivity contribution in [1.29, 1.82) is 0 Å². The number of methoxy groups -OCH3 is 1. The van der Waals surface area contributed by atoms with E-state index in [2.05, 4.69) is 15.6 Å². The van der Waals surface area contributed by atoms with Gasteiger partial charge in [0.1, 0.15) is 5.75 Å². The smallest absolute Gasteiger partial charge is 0.238 e. The Morgan fingerprint density at radius 1 is 1.25 bits per heavy atom. The van der Waals surface area contributed by atoms with Crippen LogP contribution >= 0.6 is 0 Å². The molecule has 0 aliphatic carbocycles. The molecule has 0 radical (unpaired) electrons. The van der Waals surface area contributed by atoms with E-state index in [0.29, 0.717) is 5.95 Å². The summed E-state index contributed by atoms with van der Waals surface area (Å²) in [5.41, 5.74) is 3.43. The Bertz CT molecular complexity index is 476. The van der Waals surface area contributed by atoms with Gasteiger partial charge in [-0.25, -0.2) is 5.84 Å². The molecule has 0 aliphatic heterocycles. The van der Waals surface area contributed by atoms with Crippen LogP contribution in [0.1, 0.15) is 0 Å². The molecule has 2 aromatic rings. The Labute approximate surface area is 93.0 Å². The average Bonchev–Trinajstić information content (AvgIpc) is 2.70. The van der Waals surface area contributed by atoms with Crippen molar-refractivity contribution in [2.75, 3.05) is 12.5 Å². The second kappa shape index (κ2) is 4.19. The molecule has 0 saturated heterocycles. The van der Waals surface area contributed by atoms with Crippen molar-refractivity contribution in [3.63, 3.8) is 0 Å². The third-order valence-corrected chi connectivity index (χ3v) is 2.35. The van der Waals surface area contributed by atoms with Gasteiger partial charge in [-0.2, -0.15) is 0 Å². The van der Waals surface area contributed by atoms with E-state index < -0.39 is 0 Å². The minimum Gasteiger partial charge on any atom is -0.497 e. The highest BCUT2D eigenvalue weighted by Gasteiger charge is 2.09. The number of anilines is 1. The fraction of sp³-hybridized carbons (Fsp3) is 0.200. The van der Waals surface area contributed by atoms with Gasteiger partial charge in [0.15, 0.2) is 5.82 Å². The SMILES string of the molecule is COc1ccc(-c2nnc(NN)n2C)cc1. The zero-order chi connectivity index (χ0) is 11.5. The molecule has 3 N–H and O–H groups in total. The molecule has 0 spiro atoms. The summed E-state index contributed by atoms with van der Waals surface area (Å²) >= 11 is 0. The van der Waals surface area contributed by atoms with Crippen LogP contribution < -0.4 is 16.0 Å². The summed E-state index contributed by atoms with van der Waals surface area (Å²) in [4.78, 5) is 0. The van der Waals surface area contributed by atoms with Crippen molar-refractivity contribution >= 4 is 5.95 Å². The molecule has 0 aliphatic rings. The van der Waals surface area contributed by atoms with Gasteiger partial charge in [-0.05, 0) is 24.3 Å². The monoisotopic (exact) mass is 219 g/mol. The van der Waals surface area contributed by atoms with Crippen molar-refractivity contribution in [3.8, 4) is 17.1 Å². The number of hydrazine groups is 1. The van der Waals surface area contributed by atoms with Gasteiger partial charge in [0.05, 0.1) is 7.11 Å². The summed E-state index contributed by atoms with van der Waals surface area (Å²) in [6.07, 6.45) is 0. The van der Waals surface area contributed by atoms with Crippen LogP contribution in [0.3, 0.4) is 0 Å². The summed E-state index contributed by atoms with van der Waals surface area (Å²) in [7, 11) is 3.47. The normalized spacial score (nSPS) is 10.2. The Hall–Kier alpha value is -2.08. The zero-order valence-electron chi connectivity index (χ0n) is 9.14. The van der Waals surface area contributed by atoms with Gasteiger partial charge in [-0.1, -0.05) is 0 Å². The zero-order valence-corrected chi connectivity index (χ0v) is 9.14. The minimum absolute atomic E-state index is 0.519. The summed E-state index contributed by atoms with van der Waals surface area (Å²) in [5, 5.41) is 7.94. The predicted molar refractivity (Wildman–Crippen MR) is 60.8 cm³/mol. The summed E-state index contributed by atoms with van der Waals surface area (Å²) < 4.78 is 6.87. The van der Waals surface area contributed by atoms with Crippen LogP contribution in [-0.4, -0.2) is 21.9 Å². The first-order valence-corrected chi connectivity index (χ1v) is 4.76. The van der Waals surface area contributed by atoms with Gasteiger partial charge >= 0.3 is 0 Å². The molecule has 0 bridgehead atoms. The molecule has 0 amide bonds. The first kappa shape index (κ1) is 10.4. The number of aromatic nitrogens is 3. The maximum Gasteiger partial charge on any atom is 0.238 e. The van der Waals surface area contributed by atoms with Gasteiger partial charge in [-0.15, -0.1) is 10.2 Å². The van der Waals surface area contributed by atoms with Crippen molar-refractivity contribution in [3.05, 3.63) is 24.3 Å². The number of nitrogens with one attached hydrogen (secondary N) is 1. The largest absolute Gasteiger partial charge is 0.497 e. The molecule has 84 valence electrons. The third-order valence-electron chi connectivity index (χ3n) is 2.35. The van der Waals surface area contributed by atoms with Crippen molar-refractivity contribution < 1.29 is 4.74 Å². The van der Waals surface area contributed by atoms with Crippen LogP contribution in [0.2, 0.25) is 0 Å². The molecule has 6 nitrogen and oxygen atoms in total. The number of nitrogens with zero attached hydrogens (tertiary/aromatic N) is 3. The summed E-state index contributed by atoms with van der Waals surface area (Å²) in [6.45, 7) is 0. The Morgan fingerprint density at radius 3 is 2.44 bits per heavy atom. The summed E-state index contributed by atoms with van der Waals surface area (Å²) in [6, 6.07) is 7.59. The molecule has 0 saturated carbocycles. The van der Waals surface area contributed by atoms with Gasteiger partial charge in [0.25, 0.3) is 0 Å². The van der Waals surface area contributed by atoms with E-state index in [1.165, 1.54) is 0 Å². The number of rotatable bonds is 3. The van der Waals surface area contributed by atoms with E-state index in [1.807, 2.05) is 31.3 Å². The highest BCUT2D eigenvalue weighted by atomic mass is 16.5. The number of hydrogen-bond acceptors (Lipinski definition) is 5. The minimum atomic E-state index is 0.519. The number of hydrogen-bond donors (Lipinski definition) is 2.